The third-order valence-electron chi connectivity index (χ3n) is 7.99. The molecule has 1 heterocycles. The zero-order chi connectivity index (χ0) is 35.6. The number of nitrogens with one attached hydrogen (secondary N) is 3. The van der Waals surface area contributed by atoms with Crippen molar-refractivity contribution in [3.63, 3.8) is 0 Å². The van der Waals surface area contributed by atoms with Gasteiger partial charge in [-0.3, -0.25) is 4.79 Å². The number of anilines is 2. The molecule has 0 unspecified atom stereocenters. The zero-order valence-corrected chi connectivity index (χ0v) is 28.4. The van der Waals surface area contributed by atoms with Crippen molar-refractivity contribution >= 4 is 29.3 Å². The Kier molecular flexibility index (Phi) is 13.9. The molecule has 5 amide bonds. The Labute approximate surface area is 280 Å². The standard InChI is InChI=1S/C34H48F3N5O6/c1-21(2)38-32(45)39-27-14-15-29-28(17-27)31(44)42(23(4)20-43)18-22(3)30(47-16-8-7-9-24(5)48-29)19-41(6)33(46)40-26-12-10-25(11-13-26)34(35,36)37/h10-15,17,21-24,30,43H,7-9,16,18-20H2,1-6H3,(H,40,46)(H2,38,39,45)/t22-,23-,24-,30-/m1/s1. The minimum absolute atomic E-state index is 0.0967. The quantitative estimate of drug-likeness (QED) is 0.276. The van der Waals surface area contributed by atoms with Crippen LogP contribution in [0.25, 0.3) is 0 Å². The van der Waals surface area contributed by atoms with Crippen molar-refractivity contribution < 1.29 is 42.1 Å². The first-order valence-corrected chi connectivity index (χ1v) is 16.2. The summed E-state index contributed by atoms with van der Waals surface area (Å²) in [5.74, 6) is -0.383. The second-order valence-corrected chi connectivity index (χ2v) is 12.6. The minimum Gasteiger partial charge on any atom is -0.490 e. The largest absolute Gasteiger partial charge is 0.490 e. The fraction of sp³-hybridized carbons (Fsp3) is 0.559. The maximum atomic E-state index is 14.2. The van der Waals surface area contributed by atoms with Crippen molar-refractivity contribution in [3.05, 3.63) is 53.6 Å². The number of fused-ring (bicyclic) bond motifs is 1. The van der Waals surface area contributed by atoms with E-state index in [1.54, 1.807) is 32.2 Å². The summed E-state index contributed by atoms with van der Waals surface area (Å²) in [4.78, 5) is 42.6. The van der Waals surface area contributed by atoms with E-state index in [0.717, 1.165) is 25.0 Å². The number of halogens is 3. The van der Waals surface area contributed by atoms with Gasteiger partial charge in [0.05, 0.1) is 36.0 Å². The van der Waals surface area contributed by atoms with Crippen LogP contribution in [0.15, 0.2) is 42.5 Å². The second kappa shape index (κ2) is 17.4. The number of ether oxygens (including phenoxy) is 2. The van der Waals surface area contributed by atoms with Crippen molar-refractivity contribution in [2.24, 2.45) is 5.92 Å². The minimum atomic E-state index is -4.49. The van der Waals surface area contributed by atoms with E-state index in [0.29, 0.717) is 24.5 Å². The third-order valence-corrected chi connectivity index (χ3v) is 7.99. The Morgan fingerprint density at radius 2 is 1.71 bits per heavy atom. The van der Waals surface area contributed by atoms with Gasteiger partial charge in [0.2, 0.25) is 0 Å². The third kappa shape index (κ3) is 11.3. The molecule has 1 aliphatic heterocycles. The van der Waals surface area contributed by atoms with Crippen LogP contribution < -0.4 is 20.7 Å². The van der Waals surface area contributed by atoms with Gasteiger partial charge in [-0.25, -0.2) is 9.59 Å². The molecule has 2 aromatic carbocycles. The van der Waals surface area contributed by atoms with Gasteiger partial charge in [0.1, 0.15) is 5.75 Å². The number of aliphatic hydroxyl groups is 1. The van der Waals surface area contributed by atoms with Gasteiger partial charge in [-0.15, -0.1) is 0 Å². The van der Waals surface area contributed by atoms with Gasteiger partial charge >= 0.3 is 18.2 Å². The Morgan fingerprint density at radius 1 is 1.04 bits per heavy atom. The van der Waals surface area contributed by atoms with Crippen molar-refractivity contribution in [3.8, 4) is 5.75 Å². The molecule has 48 heavy (non-hydrogen) atoms. The molecular formula is C34H48F3N5O6. The molecule has 0 saturated heterocycles. The molecule has 3 rings (SSSR count). The van der Waals surface area contributed by atoms with Gasteiger partial charge in [0.15, 0.2) is 0 Å². The molecule has 2 aromatic rings. The Balaban J connectivity index is 1.86. The van der Waals surface area contributed by atoms with Crippen LogP contribution in [-0.4, -0.2) is 90.5 Å². The van der Waals surface area contributed by atoms with Gasteiger partial charge < -0.3 is 40.3 Å². The molecule has 0 aromatic heterocycles. The highest BCUT2D eigenvalue weighted by atomic mass is 19.4. The SMILES string of the molecule is CC(C)NC(=O)Nc1ccc2c(c1)C(=O)N([C@H](C)CO)C[C@@H](C)[C@@H](CN(C)C(=O)Nc1ccc(C(F)(F)F)cc1)OCCCC[C@@H](C)O2. The first kappa shape index (κ1) is 38.4. The number of carbonyl (C=O) groups excluding carboxylic acids is 3. The molecule has 14 heteroatoms. The summed E-state index contributed by atoms with van der Waals surface area (Å²) in [6.07, 6.45) is -3.08. The number of rotatable bonds is 7. The first-order chi connectivity index (χ1) is 22.6. The number of hydrogen-bond acceptors (Lipinski definition) is 6. The number of benzene rings is 2. The Morgan fingerprint density at radius 3 is 2.33 bits per heavy atom. The van der Waals surface area contributed by atoms with Gasteiger partial charge in [-0.05, 0) is 89.4 Å². The summed E-state index contributed by atoms with van der Waals surface area (Å²) in [6, 6.07) is 7.40. The fourth-order valence-electron chi connectivity index (χ4n) is 5.21. The van der Waals surface area contributed by atoms with Crippen LogP contribution in [-0.2, 0) is 10.9 Å². The molecule has 0 saturated carbocycles. The maximum absolute atomic E-state index is 14.2. The first-order valence-electron chi connectivity index (χ1n) is 16.2. The molecule has 4 N–H and O–H groups in total. The average molecular weight is 680 g/mol. The molecule has 4 atom stereocenters. The fourth-order valence-corrected chi connectivity index (χ4v) is 5.21. The lowest BCUT2D eigenvalue weighted by molar-refractivity contribution is -0.137. The van der Waals surface area contributed by atoms with E-state index in [1.807, 2.05) is 27.7 Å². The molecule has 0 aliphatic carbocycles. The van der Waals surface area contributed by atoms with Gasteiger partial charge in [-0.1, -0.05) is 6.92 Å². The van der Waals surface area contributed by atoms with Crippen molar-refractivity contribution in [1.82, 2.24) is 15.1 Å². The van der Waals surface area contributed by atoms with Crippen LogP contribution in [0.3, 0.4) is 0 Å². The van der Waals surface area contributed by atoms with Crippen molar-refractivity contribution in [2.75, 3.05) is 44.0 Å². The summed E-state index contributed by atoms with van der Waals surface area (Å²) in [7, 11) is 1.55. The number of urea groups is 2. The highest BCUT2D eigenvalue weighted by Crippen LogP contribution is 2.30. The molecule has 0 fully saturated rings. The lowest BCUT2D eigenvalue weighted by Crippen LogP contribution is -2.48. The molecule has 1 aliphatic rings. The van der Waals surface area contributed by atoms with Crippen molar-refractivity contribution in [2.45, 2.75) is 84.3 Å². The van der Waals surface area contributed by atoms with Crippen LogP contribution >= 0.6 is 0 Å². The van der Waals surface area contributed by atoms with Crippen LogP contribution in [0.5, 0.6) is 5.75 Å². The van der Waals surface area contributed by atoms with Crippen LogP contribution in [0.2, 0.25) is 0 Å². The molecule has 0 bridgehead atoms. The van der Waals surface area contributed by atoms with Gasteiger partial charge in [0, 0.05) is 50.1 Å². The van der Waals surface area contributed by atoms with E-state index < -0.39 is 41.9 Å². The average Bonchev–Trinajstić information content (AvgIpc) is 3.01. The van der Waals surface area contributed by atoms with Crippen LogP contribution in [0.4, 0.5) is 34.1 Å². The number of carbonyl (C=O) groups is 3. The number of alkyl halides is 3. The predicted molar refractivity (Wildman–Crippen MR) is 177 cm³/mol. The Hall–Kier alpha value is -4.04. The van der Waals surface area contributed by atoms with E-state index in [-0.39, 0.29) is 49.0 Å². The number of hydrogen-bond donors (Lipinski definition) is 4. The molecule has 266 valence electrons. The van der Waals surface area contributed by atoms with E-state index >= 15 is 0 Å². The Bertz CT molecular complexity index is 1370. The summed E-state index contributed by atoms with van der Waals surface area (Å²) in [5, 5.41) is 18.3. The lowest BCUT2D eigenvalue weighted by Gasteiger charge is -2.35. The summed E-state index contributed by atoms with van der Waals surface area (Å²) in [5.41, 5.74) is 0.00189. The normalized spacial score (nSPS) is 20.2. The lowest BCUT2D eigenvalue weighted by atomic mass is 10.0. The predicted octanol–water partition coefficient (Wildman–Crippen LogP) is 6.19. The van der Waals surface area contributed by atoms with E-state index in [4.69, 9.17) is 9.47 Å². The maximum Gasteiger partial charge on any atom is 0.416 e. The van der Waals surface area contributed by atoms with E-state index in [1.165, 1.54) is 21.9 Å². The van der Waals surface area contributed by atoms with Gasteiger partial charge in [0.25, 0.3) is 5.91 Å². The zero-order valence-electron chi connectivity index (χ0n) is 28.4. The van der Waals surface area contributed by atoms with E-state index in [9.17, 15) is 32.7 Å². The number of amides is 5. The van der Waals surface area contributed by atoms with Crippen molar-refractivity contribution in [1.29, 1.82) is 0 Å². The smallest absolute Gasteiger partial charge is 0.416 e. The topological polar surface area (TPSA) is 132 Å². The van der Waals surface area contributed by atoms with Gasteiger partial charge in [-0.2, -0.15) is 13.2 Å². The highest BCUT2D eigenvalue weighted by molar-refractivity contribution is 5.99. The van der Waals surface area contributed by atoms with Crippen LogP contribution in [0.1, 0.15) is 69.8 Å². The number of aliphatic hydroxyl groups excluding tert-OH is 1. The molecule has 0 radical (unpaired) electrons. The summed E-state index contributed by atoms with van der Waals surface area (Å²) in [6.45, 7) is 9.52. The highest BCUT2D eigenvalue weighted by Gasteiger charge is 2.32. The van der Waals surface area contributed by atoms with Crippen LogP contribution in [0, 0.1) is 5.92 Å². The second-order valence-electron chi connectivity index (χ2n) is 12.6. The number of likely N-dealkylation sites (N-methyl/N-ethyl adjacent to an activating group) is 1. The van der Waals surface area contributed by atoms with E-state index in [2.05, 4.69) is 16.0 Å². The summed E-state index contributed by atoms with van der Waals surface area (Å²) >= 11 is 0. The molecular weight excluding hydrogens is 631 g/mol. The molecule has 0 spiro atoms. The number of nitrogens with zero attached hydrogens (tertiary/aromatic N) is 2. The molecule has 11 nitrogen and oxygen atoms in total. The summed E-state index contributed by atoms with van der Waals surface area (Å²) < 4.78 is 51.4. The monoisotopic (exact) mass is 679 g/mol.